The molecule has 0 aliphatic rings. The third kappa shape index (κ3) is 4.60. The van der Waals surface area contributed by atoms with Gasteiger partial charge in [0.25, 0.3) is 0 Å². The van der Waals surface area contributed by atoms with Crippen molar-refractivity contribution >= 4 is 29.1 Å². The zero-order valence-corrected chi connectivity index (χ0v) is 13.2. The van der Waals surface area contributed by atoms with Crippen molar-refractivity contribution in [3.8, 4) is 0 Å². The highest BCUT2D eigenvalue weighted by atomic mass is 32.2. The van der Waals surface area contributed by atoms with E-state index in [2.05, 4.69) is 27.5 Å². The largest absolute Gasteiger partial charge is 0.370 e. The number of nitrogens with one attached hydrogen (secondary N) is 2. The van der Waals surface area contributed by atoms with Gasteiger partial charge in [0.1, 0.15) is 17.5 Å². The van der Waals surface area contributed by atoms with Crippen molar-refractivity contribution in [2.45, 2.75) is 25.4 Å². The Hall–Kier alpha value is -1.82. The fourth-order valence-electron chi connectivity index (χ4n) is 1.88. The number of nitrogens with zero attached hydrogens (tertiary/aromatic N) is 2. The normalized spacial score (nSPS) is 10.5. The molecule has 1 aromatic heterocycles. The van der Waals surface area contributed by atoms with Crippen LogP contribution in [0.3, 0.4) is 0 Å². The molecule has 0 saturated carbocycles. The number of benzene rings is 1. The zero-order chi connectivity index (χ0) is 15.2. The maximum Gasteiger partial charge on any atom is 0.191 e. The summed E-state index contributed by atoms with van der Waals surface area (Å²) < 4.78 is 13.4. The molecule has 0 aliphatic heterocycles. The van der Waals surface area contributed by atoms with Crippen LogP contribution in [-0.4, -0.2) is 22.8 Å². The van der Waals surface area contributed by atoms with Crippen LogP contribution in [0.4, 0.5) is 21.7 Å². The van der Waals surface area contributed by atoms with Gasteiger partial charge in [-0.25, -0.2) is 14.4 Å². The summed E-state index contributed by atoms with van der Waals surface area (Å²) >= 11 is 1.47. The van der Waals surface area contributed by atoms with E-state index in [1.807, 2.05) is 25.3 Å². The molecule has 0 unspecified atom stereocenters. The highest BCUT2D eigenvalue weighted by Gasteiger charge is 2.05. The maximum atomic E-state index is 13.4. The number of aromatic nitrogens is 2. The number of hydrogen-bond acceptors (Lipinski definition) is 5. The molecule has 1 aromatic carbocycles. The molecule has 2 N–H and O–H groups in total. The van der Waals surface area contributed by atoms with Crippen LogP contribution in [0, 0.1) is 12.7 Å². The van der Waals surface area contributed by atoms with Gasteiger partial charge in [0.05, 0.1) is 0 Å². The fourth-order valence-corrected chi connectivity index (χ4v) is 2.26. The summed E-state index contributed by atoms with van der Waals surface area (Å²) in [5.74, 6) is 1.16. The van der Waals surface area contributed by atoms with Crippen molar-refractivity contribution in [1.29, 1.82) is 0 Å². The Balaban J connectivity index is 2.25. The minimum Gasteiger partial charge on any atom is -0.370 e. The Morgan fingerprint density at radius 2 is 1.90 bits per heavy atom. The molecule has 6 heteroatoms. The summed E-state index contributed by atoms with van der Waals surface area (Å²) in [5.41, 5.74) is 1.54. The summed E-state index contributed by atoms with van der Waals surface area (Å²) in [6.45, 7) is 4.80. The minimum absolute atomic E-state index is 0.263. The molecule has 0 amide bonds. The van der Waals surface area contributed by atoms with Crippen molar-refractivity contribution < 1.29 is 4.39 Å². The van der Waals surface area contributed by atoms with E-state index in [1.54, 1.807) is 0 Å². The first-order valence-corrected chi connectivity index (χ1v) is 8.04. The topological polar surface area (TPSA) is 49.8 Å². The van der Waals surface area contributed by atoms with Crippen molar-refractivity contribution in [3.63, 3.8) is 0 Å². The summed E-state index contributed by atoms with van der Waals surface area (Å²) in [5, 5.41) is 7.05. The standard InChI is InChI=1S/C15H19FN4S/c1-4-5-17-13-9-14(20-15(19-13)21-3)18-12-7-10(2)6-11(16)8-12/h6-9H,4-5H2,1-3H3,(H2,17,18,19,20). The highest BCUT2D eigenvalue weighted by Crippen LogP contribution is 2.22. The molecule has 2 rings (SSSR count). The zero-order valence-electron chi connectivity index (χ0n) is 12.4. The van der Waals surface area contributed by atoms with Crippen molar-refractivity contribution in [1.82, 2.24) is 9.97 Å². The van der Waals surface area contributed by atoms with E-state index in [0.717, 1.165) is 24.3 Å². The van der Waals surface area contributed by atoms with Crippen LogP contribution >= 0.6 is 11.8 Å². The number of rotatable bonds is 6. The molecule has 112 valence electrons. The molecule has 0 radical (unpaired) electrons. The molecule has 0 spiro atoms. The monoisotopic (exact) mass is 306 g/mol. The summed E-state index contributed by atoms with van der Waals surface area (Å²) in [6.07, 6.45) is 2.94. The molecule has 21 heavy (non-hydrogen) atoms. The quantitative estimate of drug-likeness (QED) is 0.618. The van der Waals surface area contributed by atoms with Gasteiger partial charge in [0.2, 0.25) is 0 Å². The SMILES string of the molecule is CCCNc1cc(Nc2cc(C)cc(F)c2)nc(SC)n1. The first-order valence-electron chi connectivity index (χ1n) is 6.82. The second-order valence-corrected chi connectivity index (χ2v) is 5.47. The molecular weight excluding hydrogens is 287 g/mol. The van der Waals surface area contributed by atoms with Crippen LogP contribution in [0.5, 0.6) is 0 Å². The molecule has 0 atom stereocenters. The first kappa shape index (κ1) is 15.6. The lowest BCUT2D eigenvalue weighted by Crippen LogP contribution is -2.05. The van der Waals surface area contributed by atoms with Gasteiger partial charge in [-0.2, -0.15) is 0 Å². The Bertz CT molecular complexity index is 598. The first-order chi connectivity index (χ1) is 10.1. The van der Waals surface area contributed by atoms with E-state index in [9.17, 15) is 4.39 Å². The minimum atomic E-state index is -0.263. The van der Waals surface area contributed by atoms with Crippen LogP contribution in [-0.2, 0) is 0 Å². The van der Waals surface area contributed by atoms with Gasteiger partial charge in [0, 0.05) is 18.3 Å². The number of hydrogen-bond donors (Lipinski definition) is 2. The Morgan fingerprint density at radius 3 is 2.57 bits per heavy atom. The second kappa shape index (κ2) is 7.26. The molecule has 0 saturated heterocycles. The molecule has 0 bridgehead atoms. The van der Waals surface area contributed by atoms with Crippen LogP contribution in [0.2, 0.25) is 0 Å². The van der Waals surface area contributed by atoms with Gasteiger partial charge in [0.15, 0.2) is 5.16 Å². The molecule has 0 fully saturated rings. The van der Waals surface area contributed by atoms with Gasteiger partial charge in [-0.15, -0.1) is 0 Å². The van der Waals surface area contributed by atoms with Gasteiger partial charge < -0.3 is 10.6 Å². The fraction of sp³-hybridized carbons (Fsp3) is 0.333. The van der Waals surface area contributed by atoms with E-state index in [4.69, 9.17) is 0 Å². The summed E-state index contributed by atoms with van der Waals surface area (Å²) in [7, 11) is 0. The predicted molar refractivity (Wildman–Crippen MR) is 87.0 cm³/mol. The van der Waals surface area contributed by atoms with E-state index in [0.29, 0.717) is 16.7 Å². The average Bonchev–Trinajstić information content (AvgIpc) is 2.43. The summed E-state index contributed by atoms with van der Waals surface area (Å²) in [6, 6.07) is 6.65. The van der Waals surface area contributed by atoms with Crippen LogP contribution in [0.25, 0.3) is 0 Å². The van der Waals surface area contributed by atoms with E-state index in [-0.39, 0.29) is 5.82 Å². The van der Waals surface area contributed by atoms with Gasteiger partial charge >= 0.3 is 0 Å². The van der Waals surface area contributed by atoms with E-state index >= 15 is 0 Å². The van der Waals surface area contributed by atoms with Crippen LogP contribution in [0.15, 0.2) is 29.4 Å². The van der Waals surface area contributed by atoms with Gasteiger partial charge in [-0.3, -0.25) is 0 Å². The van der Waals surface area contributed by atoms with Crippen molar-refractivity contribution in [2.24, 2.45) is 0 Å². The Morgan fingerprint density at radius 1 is 1.14 bits per heavy atom. The van der Waals surface area contributed by atoms with Crippen molar-refractivity contribution in [3.05, 3.63) is 35.6 Å². The van der Waals surface area contributed by atoms with E-state index < -0.39 is 0 Å². The smallest absolute Gasteiger partial charge is 0.191 e. The number of aryl methyl sites for hydroxylation is 1. The molecule has 1 heterocycles. The Labute approximate surface area is 128 Å². The van der Waals surface area contributed by atoms with E-state index in [1.165, 1.54) is 23.9 Å². The third-order valence-corrected chi connectivity index (χ3v) is 3.31. The number of thioether (sulfide) groups is 1. The average molecular weight is 306 g/mol. The van der Waals surface area contributed by atoms with Crippen molar-refractivity contribution in [2.75, 3.05) is 23.4 Å². The van der Waals surface area contributed by atoms with Crippen LogP contribution < -0.4 is 10.6 Å². The molecular formula is C15H19FN4S. The lowest BCUT2D eigenvalue weighted by molar-refractivity contribution is 0.627. The van der Waals surface area contributed by atoms with Gasteiger partial charge in [-0.05, 0) is 43.4 Å². The molecule has 0 aliphatic carbocycles. The van der Waals surface area contributed by atoms with Gasteiger partial charge in [-0.1, -0.05) is 18.7 Å². The highest BCUT2D eigenvalue weighted by molar-refractivity contribution is 7.98. The Kier molecular flexibility index (Phi) is 5.38. The lowest BCUT2D eigenvalue weighted by atomic mass is 10.2. The van der Waals surface area contributed by atoms with Crippen LogP contribution in [0.1, 0.15) is 18.9 Å². The summed E-state index contributed by atoms with van der Waals surface area (Å²) in [4.78, 5) is 8.79. The lowest BCUT2D eigenvalue weighted by Gasteiger charge is -2.11. The number of anilines is 3. The second-order valence-electron chi connectivity index (χ2n) is 4.69. The number of halogens is 1. The third-order valence-electron chi connectivity index (χ3n) is 2.76. The molecule has 4 nitrogen and oxygen atoms in total. The molecule has 2 aromatic rings. The maximum absolute atomic E-state index is 13.4. The predicted octanol–water partition coefficient (Wildman–Crippen LogP) is 4.21.